The zero-order valence-corrected chi connectivity index (χ0v) is 7.54. The maximum atomic E-state index is 13.1. The van der Waals surface area contributed by atoms with Crippen molar-refractivity contribution in [2.24, 2.45) is 5.41 Å². The van der Waals surface area contributed by atoms with Gasteiger partial charge in [-0.15, -0.1) is 11.6 Å². The highest BCUT2D eigenvalue weighted by Gasteiger charge is 2.43. The third-order valence-electron chi connectivity index (χ3n) is 2.54. The van der Waals surface area contributed by atoms with Crippen LogP contribution in [-0.4, -0.2) is 17.7 Å². The molecular weight excluding hydrogens is 170 g/mol. The minimum absolute atomic E-state index is 0.0101. The summed E-state index contributed by atoms with van der Waals surface area (Å²) >= 11 is 5.82. The number of hydrogen-bond donors (Lipinski definition) is 0. The predicted octanol–water partition coefficient (Wildman–Crippen LogP) is 3.09. The average Bonchev–Trinajstić information content (AvgIpc) is 1.84. The van der Waals surface area contributed by atoms with Crippen LogP contribution in [0.2, 0.25) is 0 Å². The van der Waals surface area contributed by atoms with Crippen molar-refractivity contribution in [3.05, 3.63) is 0 Å². The summed E-state index contributed by atoms with van der Waals surface area (Å²) in [5.74, 6) is 0. The molecular formula is C8H13ClF2. The van der Waals surface area contributed by atoms with Crippen LogP contribution in [0.15, 0.2) is 0 Å². The van der Waals surface area contributed by atoms with Gasteiger partial charge in [-0.1, -0.05) is 13.8 Å². The van der Waals surface area contributed by atoms with Crippen LogP contribution in [0.5, 0.6) is 0 Å². The van der Waals surface area contributed by atoms with Crippen molar-refractivity contribution in [2.45, 2.75) is 44.4 Å². The van der Waals surface area contributed by atoms with E-state index in [1.807, 2.05) is 0 Å². The molecule has 0 bridgehead atoms. The van der Waals surface area contributed by atoms with Gasteiger partial charge >= 0.3 is 0 Å². The maximum Gasteiger partial charge on any atom is 0.109 e. The fourth-order valence-electron chi connectivity index (χ4n) is 1.35. The summed E-state index contributed by atoms with van der Waals surface area (Å²) in [6.07, 6.45) is -1.86. The molecule has 3 atom stereocenters. The maximum absolute atomic E-state index is 13.1. The quantitative estimate of drug-likeness (QED) is 0.505. The van der Waals surface area contributed by atoms with Gasteiger partial charge in [-0.3, -0.25) is 0 Å². The largest absolute Gasteiger partial charge is 0.247 e. The first-order valence-corrected chi connectivity index (χ1v) is 4.30. The summed E-state index contributed by atoms with van der Waals surface area (Å²) in [4.78, 5) is 0. The summed E-state index contributed by atoms with van der Waals surface area (Å²) in [7, 11) is 0. The molecule has 0 saturated heterocycles. The third-order valence-corrected chi connectivity index (χ3v) is 3.28. The lowest BCUT2D eigenvalue weighted by Gasteiger charge is -2.39. The fraction of sp³-hybridized carbons (Fsp3) is 1.00. The first-order valence-electron chi connectivity index (χ1n) is 3.86. The molecule has 0 heterocycles. The van der Waals surface area contributed by atoms with Crippen molar-refractivity contribution in [3.8, 4) is 0 Å². The normalized spacial score (nSPS) is 43.9. The zero-order valence-electron chi connectivity index (χ0n) is 6.78. The van der Waals surface area contributed by atoms with Crippen molar-refractivity contribution in [1.82, 2.24) is 0 Å². The second-order valence-corrected chi connectivity index (χ2v) is 4.35. The molecule has 0 spiro atoms. The molecule has 0 nitrogen and oxygen atoms in total. The summed E-state index contributed by atoms with van der Waals surface area (Å²) in [6.45, 7) is 3.50. The molecule has 0 aromatic carbocycles. The smallest absolute Gasteiger partial charge is 0.109 e. The summed E-state index contributed by atoms with van der Waals surface area (Å²) in [5, 5.41) is -0.374. The van der Waals surface area contributed by atoms with Gasteiger partial charge in [-0.25, -0.2) is 8.78 Å². The standard InChI is InChI=1S/C8H13ClF2/c1-8(2)6(9)3-5(10)4-7(8)11/h5-7H,3-4H2,1-2H3. The molecule has 0 aromatic rings. The van der Waals surface area contributed by atoms with Crippen LogP contribution < -0.4 is 0 Å². The Bertz CT molecular complexity index is 133. The Morgan fingerprint density at radius 1 is 1.27 bits per heavy atom. The van der Waals surface area contributed by atoms with E-state index in [4.69, 9.17) is 11.6 Å². The number of halogens is 3. The number of hydrogen-bond acceptors (Lipinski definition) is 0. The highest BCUT2D eigenvalue weighted by Crippen LogP contribution is 2.42. The molecule has 66 valence electrons. The number of rotatable bonds is 0. The van der Waals surface area contributed by atoms with Crippen molar-refractivity contribution < 1.29 is 8.78 Å². The minimum atomic E-state index is -1.10. The first kappa shape index (κ1) is 9.24. The first-order chi connectivity index (χ1) is 4.94. The van der Waals surface area contributed by atoms with E-state index in [1.54, 1.807) is 13.8 Å². The summed E-state index contributed by atoms with van der Waals surface area (Å²) < 4.78 is 25.8. The van der Waals surface area contributed by atoms with Gasteiger partial charge in [0.2, 0.25) is 0 Å². The van der Waals surface area contributed by atoms with Crippen LogP contribution in [0.4, 0.5) is 8.78 Å². The summed E-state index contributed by atoms with van der Waals surface area (Å²) in [5.41, 5.74) is -0.565. The molecule has 3 heteroatoms. The van der Waals surface area contributed by atoms with Crippen molar-refractivity contribution in [3.63, 3.8) is 0 Å². The van der Waals surface area contributed by atoms with Gasteiger partial charge in [0.05, 0.1) is 0 Å². The molecule has 1 aliphatic carbocycles. The highest BCUT2D eigenvalue weighted by atomic mass is 35.5. The Labute approximate surface area is 70.9 Å². The van der Waals surface area contributed by atoms with Crippen LogP contribution in [0.3, 0.4) is 0 Å². The fourth-order valence-corrected chi connectivity index (χ4v) is 1.68. The molecule has 0 radical (unpaired) electrons. The molecule has 0 aliphatic heterocycles. The van der Waals surface area contributed by atoms with Gasteiger partial charge in [-0.05, 0) is 6.42 Å². The van der Waals surface area contributed by atoms with Gasteiger partial charge in [0.15, 0.2) is 0 Å². The van der Waals surface area contributed by atoms with E-state index in [2.05, 4.69) is 0 Å². The van der Waals surface area contributed by atoms with Crippen LogP contribution in [0, 0.1) is 5.41 Å². The van der Waals surface area contributed by atoms with E-state index in [1.165, 1.54) is 0 Å². The molecule has 0 aromatic heterocycles. The molecule has 1 fully saturated rings. The third kappa shape index (κ3) is 1.66. The monoisotopic (exact) mass is 182 g/mol. The van der Waals surface area contributed by atoms with Gasteiger partial charge in [0.25, 0.3) is 0 Å². The molecule has 1 saturated carbocycles. The van der Waals surface area contributed by atoms with Crippen LogP contribution >= 0.6 is 11.6 Å². The average molecular weight is 183 g/mol. The number of alkyl halides is 3. The van der Waals surface area contributed by atoms with E-state index in [0.29, 0.717) is 0 Å². The SMILES string of the molecule is CC1(C)C(F)CC(F)CC1Cl. The molecule has 1 rings (SSSR count). The van der Waals surface area contributed by atoms with Gasteiger partial charge in [0, 0.05) is 17.2 Å². The lowest BCUT2D eigenvalue weighted by atomic mass is 9.75. The van der Waals surface area contributed by atoms with Crippen LogP contribution in [0.25, 0.3) is 0 Å². The van der Waals surface area contributed by atoms with E-state index < -0.39 is 17.8 Å². The Morgan fingerprint density at radius 2 is 1.82 bits per heavy atom. The topological polar surface area (TPSA) is 0 Å². The molecule has 0 N–H and O–H groups in total. The van der Waals surface area contributed by atoms with E-state index in [0.717, 1.165) is 0 Å². The minimum Gasteiger partial charge on any atom is -0.247 e. The van der Waals surface area contributed by atoms with Gasteiger partial charge in [-0.2, -0.15) is 0 Å². The predicted molar refractivity (Wildman–Crippen MR) is 42.4 cm³/mol. The van der Waals surface area contributed by atoms with Crippen LogP contribution in [0.1, 0.15) is 26.7 Å². The molecule has 11 heavy (non-hydrogen) atoms. The van der Waals surface area contributed by atoms with Gasteiger partial charge < -0.3 is 0 Å². The van der Waals surface area contributed by atoms with Crippen LogP contribution in [-0.2, 0) is 0 Å². The van der Waals surface area contributed by atoms with Gasteiger partial charge in [0.1, 0.15) is 12.3 Å². The zero-order chi connectivity index (χ0) is 8.65. The Hall–Kier alpha value is 0.150. The van der Waals surface area contributed by atoms with E-state index >= 15 is 0 Å². The van der Waals surface area contributed by atoms with Crippen molar-refractivity contribution in [1.29, 1.82) is 0 Å². The molecule has 1 aliphatic rings. The van der Waals surface area contributed by atoms with Crippen molar-refractivity contribution in [2.75, 3.05) is 0 Å². The second-order valence-electron chi connectivity index (χ2n) is 3.83. The molecule has 3 unspecified atom stereocenters. The lowest BCUT2D eigenvalue weighted by Crippen LogP contribution is -2.42. The van der Waals surface area contributed by atoms with E-state index in [9.17, 15) is 8.78 Å². The lowest BCUT2D eigenvalue weighted by molar-refractivity contribution is 0.0490. The second kappa shape index (κ2) is 2.89. The molecule has 0 amide bonds. The Morgan fingerprint density at radius 3 is 2.27 bits per heavy atom. The summed E-state index contributed by atoms with van der Waals surface area (Å²) in [6, 6.07) is 0. The Kier molecular flexibility index (Phi) is 2.43. The van der Waals surface area contributed by atoms with E-state index in [-0.39, 0.29) is 18.2 Å². The Balaban J connectivity index is 2.67. The highest BCUT2D eigenvalue weighted by molar-refractivity contribution is 6.21. The van der Waals surface area contributed by atoms with Crippen molar-refractivity contribution >= 4 is 11.6 Å².